The fourth-order valence-corrected chi connectivity index (χ4v) is 3.03. The van der Waals surface area contributed by atoms with E-state index in [0.717, 1.165) is 23.1 Å². The van der Waals surface area contributed by atoms with Gasteiger partial charge in [-0.3, -0.25) is 9.59 Å². The number of alkyl halides is 3. The van der Waals surface area contributed by atoms with E-state index in [1.165, 1.54) is 12.1 Å². The summed E-state index contributed by atoms with van der Waals surface area (Å²) in [6.07, 6.45) is -5.04. The molecular weight excluding hydrogens is 399 g/mol. The highest BCUT2D eigenvalue weighted by atomic mass is 19.4. The van der Waals surface area contributed by atoms with Crippen LogP contribution in [0.4, 0.5) is 27.6 Å². The highest BCUT2D eigenvalue weighted by molar-refractivity contribution is 6.16. The number of aliphatic hydroxyl groups is 1. The lowest BCUT2D eigenvalue weighted by molar-refractivity contribution is -0.149. The summed E-state index contributed by atoms with van der Waals surface area (Å²) in [6, 6.07) is 6.63. The number of anilines is 1. The third-order valence-corrected chi connectivity index (χ3v) is 4.55. The summed E-state index contributed by atoms with van der Waals surface area (Å²) in [5.74, 6) is -3.73. The van der Waals surface area contributed by atoms with Crippen molar-refractivity contribution in [3.8, 4) is 0 Å². The summed E-state index contributed by atoms with van der Waals surface area (Å²) in [6.45, 7) is -0.543. The number of nitrogens with zero attached hydrogens (tertiary/aromatic N) is 1. The molecule has 1 heterocycles. The van der Waals surface area contributed by atoms with Gasteiger partial charge < -0.3 is 15.3 Å². The van der Waals surface area contributed by atoms with Crippen molar-refractivity contribution in [2.75, 3.05) is 11.4 Å². The van der Waals surface area contributed by atoms with Gasteiger partial charge in [0.05, 0.1) is 5.56 Å². The molecule has 1 aliphatic heterocycles. The van der Waals surface area contributed by atoms with Crippen LogP contribution >= 0.6 is 0 Å². The van der Waals surface area contributed by atoms with Gasteiger partial charge in [0.2, 0.25) is 5.60 Å². The second-order valence-electron chi connectivity index (χ2n) is 6.57. The van der Waals surface area contributed by atoms with Crippen LogP contribution in [0.5, 0.6) is 0 Å². The number of hydrogen-bond donors (Lipinski definition) is 2. The minimum atomic E-state index is -4.77. The lowest BCUT2D eigenvalue weighted by Gasteiger charge is -2.22. The van der Waals surface area contributed by atoms with E-state index in [0.29, 0.717) is 12.1 Å². The largest absolute Gasteiger partial charge is 0.416 e. The molecule has 0 aliphatic carbocycles. The Morgan fingerprint density at radius 1 is 1.10 bits per heavy atom. The Morgan fingerprint density at radius 3 is 2.38 bits per heavy atom. The van der Waals surface area contributed by atoms with Gasteiger partial charge in [-0.25, -0.2) is 8.78 Å². The Balaban J connectivity index is 1.72. The van der Waals surface area contributed by atoms with Gasteiger partial charge in [-0.1, -0.05) is 0 Å². The molecule has 5 nitrogen and oxygen atoms in total. The molecule has 2 aromatic carbocycles. The normalized spacial score (nSPS) is 19.5. The second kappa shape index (κ2) is 7.43. The molecule has 154 valence electrons. The van der Waals surface area contributed by atoms with Crippen LogP contribution in [-0.4, -0.2) is 29.1 Å². The molecule has 1 fully saturated rings. The van der Waals surface area contributed by atoms with E-state index in [-0.39, 0.29) is 24.2 Å². The summed E-state index contributed by atoms with van der Waals surface area (Å²) in [7, 11) is 0. The maximum absolute atomic E-state index is 13.4. The van der Waals surface area contributed by atoms with Crippen LogP contribution in [0.15, 0.2) is 42.5 Å². The molecule has 0 unspecified atom stereocenters. The topological polar surface area (TPSA) is 69.6 Å². The fourth-order valence-electron chi connectivity index (χ4n) is 3.03. The summed E-state index contributed by atoms with van der Waals surface area (Å²) in [5.41, 5.74) is -3.57. The van der Waals surface area contributed by atoms with Gasteiger partial charge in [-0.15, -0.1) is 0 Å². The van der Waals surface area contributed by atoms with Gasteiger partial charge in [0, 0.05) is 25.2 Å². The molecule has 0 bridgehead atoms. The first-order chi connectivity index (χ1) is 13.5. The molecule has 0 aromatic heterocycles. The third-order valence-electron chi connectivity index (χ3n) is 4.55. The zero-order valence-corrected chi connectivity index (χ0v) is 14.8. The van der Waals surface area contributed by atoms with E-state index >= 15 is 0 Å². The van der Waals surface area contributed by atoms with Gasteiger partial charge in [0.15, 0.2) is 0 Å². The van der Waals surface area contributed by atoms with Crippen LogP contribution in [0.1, 0.15) is 17.5 Å². The van der Waals surface area contributed by atoms with Gasteiger partial charge in [0.25, 0.3) is 11.8 Å². The molecular formula is C19H15F5N2O3. The van der Waals surface area contributed by atoms with E-state index in [1.807, 2.05) is 0 Å². The van der Waals surface area contributed by atoms with Gasteiger partial charge in [-0.05, 0) is 48.0 Å². The minimum Gasteiger partial charge on any atom is -0.372 e. The molecule has 2 amide bonds. The Morgan fingerprint density at radius 2 is 1.76 bits per heavy atom. The molecule has 29 heavy (non-hydrogen) atoms. The Hall–Kier alpha value is -3.01. The van der Waals surface area contributed by atoms with E-state index in [4.69, 9.17) is 0 Å². The average molecular weight is 414 g/mol. The Kier molecular flexibility index (Phi) is 5.31. The van der Waals surface area contributed by atoms with Crippen molar-refractivity contribution in [3.63, 3.8) is 0 Å². The van der Waals surface area contributed by atoms with Crippen LogP contribution in [-0.2, 0) is 22.3 Å². The number of hydrogen-bond acceptors (Lipinski definition) is 3. The number of rotatable bonds is 4. The highest BCUT2D eigenvalue weighted by Crippen LogP contribution is 2.31. The van der Waals surface area contributed by atoms with Crippen molar-refractivity contribution in [2.24, 2.45) is 0 Å². The van der Waals surface area contributed by atoms with Gasteiger partial charge in [0.1, 0.15) is 11.6 Å². The number of carbonyl (C=O) groups excluding carboxylic acids is 2. The lowest BCUT2D eigenvalue weighted by Crippen LogP contribution is -2.52. The van der Waals surface area contributed by atoms with Gasteiger partial charge >= 0.3 is 6.18 Å². The standard InChI is InChI=1S/C19H15F5N2O3/c20-13-1-3-15(4-2-13)26-6-5-18(29,17(26)28)16(27)25-10-11-7-12(19(22,23)24)9-14(21)8-11/h1-4,7-9,29H,5-6,10H2,(H,25,27)/t18-/m0/s1. The molecule has 1 aliphatic rings. The Labute approximate surface area is 161 Å². The number of halogens is 5. The van der Waals surface area contributed by atoms with Crippen molar-refractivity contribution in [1.82, 2.24) is 5.32 Å². The first-order valence-electron chi connectivity index (χ1n) is 8.45. The molecule has 0 radical (unpaired) electrons. The first kappa shape index (κ1) is 20.7. The maximum atomic E-state index is 13.4. The molecule has 1 saturated heterocycles. The fraction of sp³-hybridized carbons (Fsp3) is 0.263. The van der Waals surface area contributed by atoms with E-state index < -0.39 is 47.3 Å². The van der Waals surface area contributed by atoms with Gasteiger partial charge in [-0.2, -0.15) is 13.2 Å². The molecule has 2 aromatic rings. The SMILES string of the molecule is O=C(NCc1cc(F)cc(C(F)(F)F)c1)[C@@]1(O)CCN(c2ccc(F)cc2)C1=O. The summed E-state index contributed by atoms with van der Waals surface area (Å²) < 4.78 is 64.8. The molecule has 1 atom stereocenters. The lowest BCUT2D eigenvalue weighted by atomic mass is 10.0. The monoisotopic (exact) mass is 414 g/mol. The first-order valence-corrected chi connectivity index (χ1v) is 8.45. The summed E-state index contributed by atoms with van der Waals surface area (Å²) in [5, 5.41) is 12.7. The number of benzene rings is 2. The van der Waals surface area contributed by atoms with Crippen molar-refractivity contribution < 1.29 is 36.6 Å². The predicted octanol–water partition coefficient (Wildman–Crippen LogP) is 2.77. The summed E-state index contributed by atoms with van der Waals surface area (Å²) in [4.78, 5) is 26.0. The molecule has 0 spiro atoms. The zero-order chi connectivity index (χ0) is 21.4. The van der Waals surface area contributed by atoms with E-state index in [2.05, 4.69) is 5.32 Å². The maximum Gasteiger partial charge on any atom is 0.416 e. The van der Waals surface area contributed by atoms with Crippen LogP contribution in [0.2, 0.25) is 0 Å². The molecule has 0 saturated carbocycles. The van der Waals surface area contributed by atoms with Crippen LogP contribution in [0, 0.1) is 11.6 Å². The quantitative estimate of drug-likeness (QED) is 0.597. The van der Waals surface area contributed by atoms with Crippen LogP contribution in [0.3, 0.4) is 0 Å². The minimum absolute atomic E-state index is 0.0213. The molecule has 10 heteroatoms. The van der Waals surface area contributed by atoms with Crippen LogP contribution < -0.4 is 10.2 Å². The zero-order valence-electron chi connectivity index (χ0n) is 14.8. The second-order valence-corrected chi connectivity index (χ2v) is 6.57. The van der Waals surface area contributed by atoms with Crippen molar-refractivity contribution in [2.45, 2.75) is 24.7 Å². The van der Waals surface area contributed by atoms with E-state index in [1.54, 1.807) is 0 Å². The third kappa shape index (κ3) is 4.21. The van der Waals surface area contributed by atoms with Crippen LogP contribution in [0.25, 0.3) is 0 Å². The highest BCUT2D eigenvalue weighted by Gasteiger charge is 2.51. The summed E-state index contributed by atoms with van der Waals surface area (Å²) >= 11 is 0. The average Bonchev–Trinajstić information content (AvgIpc) is 2.95. The van der Waals surface area contributed by atoms with Crippen molar-refractivity contribution in [3.05, 3.63) is 65.2 Å². The number of amides is 2. The number of carbonyl (C=O) groups is 2. The molecule has 3 rings (SSSR count). The Bertz CT molecular complexity index is 946. The smallest absolute Gasteiger partial charge is 0.372 e. The molecule has 2 N–H and O–H groups in total. The number of nitrogens with one attached hydrogen (secondary N) is 1. The van der Waals surface area contributed by atoms with E-state index in [9.17, 15) is 36.6 Å². The predicted molar refractivity (Wildman–Crippen MR) is 91.6 cm³/mol. The van der Waals surface area contributed by atoms with Crippen molar-refractivity contribution in [1.29, 1.82) is 0 Å². The van der Waals surface area contributed by atoms with Crippen molar-refractivity contribution >= 4 is 17.5 Å².